The van der Waals surface area contributed by atoms with E-state index in [1.807, 2.05) is 0 Å². The molecule has 1 aromatic carbocycles. The lowest BCUT2D eigenvalue weighted by molar-refractivity contribution is 0.0623. The maximum absolute atomic E-state index is 12.7. The number of hydrogen-bond acceptors (Lipinski definition) is 4. The van der Waals surface area contributed by atoms with E-state index in [1.165, 1.54) is 6.07 Å². The molecule has 0 saturated carbocycles. The normalized spacial score (nSPS) is 18.4. The molecule has 0 spiro atoms. The highest BCUT2D eigenvalue weighted by Gasteiger charge is 2.27. The number of sulfonamides is 1. The molecule has 130 valence electrons. The van der Waals surface area contributed by atoms with Crippen LogP contribution in [0.25, 0.3) is 0 Å². The highest BCUT2D eigenvalue weighted by molar-refractivity contribution is 7.89. The van der Waals surface area contributed by atoms with Gasteiger partial charge in [0.1, 0.15) is 0 Å². The number of halogens is 1. The predicted octanol–water partition coefficient (Wildman–Crippen LogP) is 1.33. The zero-order valence-corrected chi connectivity index (χ0v) is 15.0. The molecule has 1 unspecified atom stereocenters. The predicted molar refractivity (Wildman–Crippen MR) is 92.3 cm³/mol. The molecule has 23 heavy (non-hydrogen) atoms. The molecule has 0 aromatic heterocycles. The van der Waals surface area contributed by atoms with Gasteiger partial charge in [-0.05, 0) is 56.4 Å². The third-order valence-electron chi connectivity index (χ3n) is 4.33. The minimum atomic E-state index is -3.86. The van der Waals surface area contributed by atoms with Gasteiger partial charge >= 0.3 is 0 Å². The molecule has 0 bridgehead atoms. The highest BCUT2D eigenvalue weighted by atomic mass is 35.5. The average molecular weight is 362 g/mol. The van der Waals surface area contributed by atoms with E-state index in [4.69, 9.17) is 10.9 Å². The Balaban J connectivity index is 0.00000264. The lowest BCUT2D eigenvalue weighted by atomic mass is 9.99. The first-order valence-electron chi connectivity index (χ1n) is 7.40. The van der Waals surface area contributed by atoms with Crippen LogP contribution >= 0.6 is 12.4 Å². The van der Waals surface area contributed by atoms with Crippen molar-refractivity contribution in [1.82, 2.24) is 4.90 Å². The van der Waals surface area contributed by atoms with Crippen molar-refractivity contribution in [1.29, 1.82) is 0 Å². The van der Waals surface area contributed by atoms with Crippen molar-refractivity contribution in [2.45, 2.75) is 44.0 Å². The number of hydrogen-bond donors (Lipinski definition) is 2. The second-order valence-electron chi connectivity index (χ2n) is 5.85. The van der Waals surface area contributed by atoms with E-state index in [2.05, 4.69) is 0 Å². The number of benzene rings is 1. The fraction of sp³-hybridized carbons (Fsp3) is 0.533. The summed E-state index contributed by atoms with van der Waals surface area (Å²) in [6.07, 6.45) is 2.88. The Morgan fingerprint density at radius 1 is 1.30 bits per heavy atom. The number of primary sulfonamides is 1. The number of aryl methyl sites for hydroxylation is 1. The van der Waals surface area contributed by atoms with E-state index < -0.39 is 10.0 Å². The van der Waals surface area contributed by atoms with Gasteiger partial charge in [0.05, 0.1) is 4.90 Å². The standard InChI is InChI=1S/C15H23N3O3S.ClH/c1-10-7-12(8-14(11(10)2)22(17,20)21)15(19)18-6-4-3-5-13(18)9-16;/h7-8,13H,3-6,9,16H2,1-2H3,(H2,17,20,21);1H. The largest absolute Gasteiger partial charge is 0.334 e. The van der Waals surface area contributed by atoms with Crippen molar-refractivity contribution >= 4 is 28.3 Å². The van der Waals surface area contributed by atoms with E-state index in [-0.39, 0.29) is 29.3 Å². The van der Waals surface area contributed by atoms with Crippen LogP contribution in [-0.2, 0) is 10.0 Å². The summed E-state index contributed by atoms with van der Waals surface area (Å²) in [5, 5.41) is 5.25. The Morgan fingerprint density at radius 3 is 2.52 bits per heavy atom. The Labute approximate surface area is 143 Å². The average Bonchev–Trinajstić information content (AvgIpc) is 2.47. The van der Waals surface area contributed by atoms with Crippen LogP contribution in [0.1, 0.15) is 40.7 Å². The summed E-state index contributed by atoms with van der Waals surface area (Å²) >= 11 is 0. The molecule has 1 fully saturated rings. The molecular weight excluding hydrogens is 338 g/mol. The molecule has 2 rings (SSSR count). The van der Waals surface area contributed by atoms with Gasteiger partial charge in [-0.1, -0.05) is 0 Å². The second kappa shape index (κ2) is 7.61. The zero-order chi connectivity index (χ0) is 16.5. The summed E-state index contributed by atoms with van der Waals surface area (Å²) in [5.41, 5.74) is 7.42. The van der Waals surface area contributed by atoms with Gasteiger partial charge in [0.25, 0.3) is 5.91 Å². The first-order chi connectivity index (χ1) is 10.3. The molecule has 6 nitrogen and oxygen atoms in total. The van der Waals surface area contributed by atoms with Crippen molar-refractivity contribution in [3.63, 3.8) is 0 Å². The molecule has 1 aromatic rings. The van der Waals surface area contributed by atoms with Gasteiger partial charge in [-0.2, -0.15) is 0 Å². The van der Waals surface area contributed by atoms with Crippen LogP contribution in [0.3, 0.4) is 0 Å². The lowest BCUT2D eigenvalue weighted by Crippen LogP contribution is -2.47. The molecule has 4 N–H and O–H groups in total. The summed E-state index contributed by atoms with van der Waals surface area (Å²) in [5.74, 6) is -0.178. The molecular formula is C15H24ClN3O3S. The van der Waals surface area contributed by atoms with Gasteiger partial charge in [0, 0.05) is 24.7 Å². The van der Waals surface area contributed by atoms with E-state index in [1.54, 1.807) is 24.8 Å². The van der Waals surface area contributed by atoms with Crippen molar-refractivity contribution in [2.75, 3.05) is 13.1 Å². The Morgan fingerprint density at radius 2 is 1.96 bits per heavy atom. The third-order valence-corrected chi connectivity index (χ3v) is 5.37. The van der Waals surface area contributed by atoms with Crippen molar-refractivity contribution in [3.05, 3.63) is 28.8 Å². The molecule has 1 amide bonds. The number of nitrogens with zero attached hydrogens (tertiary/aromatic N) is 1. The van der Waals surface area contributed by atoms with Gasteiger partial charge < -0.3 is 10.6 Å². The number of likely N-dealkylation sites (tertiary alicyclic amines) is 1. The quantitative estimate of drug-likeness (QED) is 0.846. The van der Waals surface area contributed by atoms with E-state index in [0.29, 0.717) is 24.2 Å². The van der Waals surface area contributed by atoms with E-state index >= 15 is 0 Å². The topological polar surface area (TPSA) is 106 Å². The maximum Gasteiger partial charge on any atom is 0.254 e. The summed E-state index contributed by atoms with van der Waals surface area (Å²) < 4.78 is 23.4. The molecule has 1 atom stereocenters. The van der Waals surface area contributed by atoms with E-state index in [0.717, 1.165) is 24.8 Å². The van der Waals surface area contributed by atoms with Crippen LogP contribution in [0.4, 0.5) is 0 Å². The van der Waals surface area contributed by atoms with Crippen molar-refractivity contribution in [2.24, 2.45) is 10.9 Å². The number of piperidine rings is 1. The molecule has 1 aliphatic rings. The Kier molecular flexibility index (Phi) is 6.59. The molecule has 0 aliphatic carbocycles. The second-order valence-corrected chi connectivity index (χ2v) is 7.37. The zero-order valence-electron chi connectivity index (χ0n) is 13.4. The van der Waals surface area contributed by atoms with E-state index in [9.17, 15) is 13.2 Å². The molecule has 1 saturated heterocycles. The first-order valence-corrected chi connectivity index (χ1v) is 8.95. The lowest BCUT2D eigenvalue weighted by Gasteiger charge is -2.35. The van der Waals surface area contributed by atoms with Crippen LogP contribution in [0, 0.1) is 13.8 Å². The number of carbonyl (C=O) groups is 1. The fourth-order valence-corrected chi connectivity index (χ4v) is 3.80. The highest BCUT2D eigenvalue weighted by Crippen LogP contribution is 2.24. The van der Waals surface area contributed by atoms with Gasteiger partial charge in [0.2, 0.25) is 10.0 Å². The summed E-state index contributed by atoms with van der Waals surface area (Å²) in [7, 11) is -3.86. The van der Waals surface area contributed by atoms with Gasteiger partial charge in [-0.15, -0.1) is 12.4 Å². The van der Waals surface area contributed by atoms with Crippen LogP contribution in [0.15, 0.2) is 17.0 Å². The molecule has 0 radical (unpaired) electrons. The summed E-state index contributed by atoms with van der Waals surface area (Å²) in [4.78, 5) is 14.5. The molecule has 1 heterocycles. The van der Waals surface area contributed by atoms with Crippen LogP contribution in [0.2, 0.25) is 0 Å². The summed E-state index contributed by atoms with van der Waals surface area (Å²) in [6, 6.07) is 3.11. The number of nitrogens with two attached hydrogens (primary N) is 2. The van der Waals surface area contributed by atoms with Crippen LogP contribution in [0.5, 0.6) is 0 Å². The number of rotatable bonds is 3. The van der Waals surface area contributed by atoms with Crippen LogP contribution < -0.4 is 10.9 Å². The third kappa shape index (κ3) is 4.23. The molecule has 1 aliphatic heterocycles. The first kappa shape index (κ1) is 19.9. The number of carbonyl (C=O) groups excluding carboxylic acids is 1. The van der Waals surface area contributed by atoms with Crippen molar-refractivity contribution < 1.29 is 13.2 Å². The summed E-state index contributed by atoms with van der Waals surface area (Å²) in [6.45, 7) is 4.53. The van der Waals surface area contributed by atoms with Crippen LogP contribution in [-0.4, -0.2) is 38.4 Å². The van der Waals surface area contributed by atoms with Gasteiger partial charge in [-0.25, -0.2) is 13.6 Å². The molecule has 8 heteroatoms. The smallest absolute Gasteiger partial charge is 0.254 e. The Hall–Kier alpha value is -1.15. The van der Waals surface area contributed by atoms with Gasteiger partial charge in [0.15, 0.2) is 0 Å². The minimum absolute atomic E-state index is 0. The van der Waals surface area contributed by atoms with Gasteiger partial charge in [-0.3, -0.25) is 4.79 Å². The minimum Gasteiger partial charge on any atom is -0.334 e. The van der Waals surface area contributed by atoms with Crippen molar-refractivity contribution in [3.8, 4) is 0 Å². The Bertz CT molecular complexity index is 691. The number of amides is 1. The monoisotopic (exact) mass is 361 g/mol. The fourth-order valence-electron chi connectivity index (χ4n) is 2.92. The SMILES string of the molecule is Cc1cc(C(=O)N2CCCCC2CN)cc(S(N)(=O)=O)c1C.Cl. The maximum atomic E-state index is 12.7.